The summed E-state index contributed by atoms with van der Waals surface area (Å²) in [6.45, 7) is 9.73. The largest absolute Gasteiger partial charge is 0.249 e. The van der Waals surface area contributed by atoms with Crippen LogP contribution < -0.4 is 0 Å². The lowest BCUT2D eigenvalue weighted by Crippen LogP contribution is -2.06. The SMILES string of the molecule is CCCc1c(C(C)C)nnn1CCC. The highest BCUT2D eigenvalue weighted by Gasteiger charge is 2.13. The molecule has 0 amide bonds. The molecule has 0 saturated carbocycles. The van der Waals surface area contributed by atoms with E-state index in [4.69, 9.17) is 0 Å². The smallest absolute Gasteiger partial charge is 0.0884 e. The Morgan fingerprint density at radius 1 is 1.21 bits per heavy atom. The second kappa shape index (κ2) is 5.13. The van der Waals surface area contributed by atoms with Crippen molar-refractivity contribution in [3.8, 4) is 0 Å². The van der Waals surface area contributed by atoms with Crippen LogP contribution in [-0.2, 0) is 13.0 Å². The molecule has 0 aliphatic rings. The summed E-state index contributed by atoms with van der Waals surface area (Å²) >= 11 is 0. The minimum atomic E-state index is 0.488. The van der Waals surface area contributed by atoms with Gasteiger partial charge in [0.15, 0.2) is 0 Å². The van der Waals surface area contributed by atoms with E-state index in [2.05, 4.69) is 42.7 Å². The summed E-state index contributed by atoms with van der Waals surface area (Å²) in [6.07, 6.45) is 3.38. The van der Waals surface area contributed by atoms with Gasteiger partial charge >= 0.3 is 0 Å². The van der Waals surface area contributed by atoms with Gasteiger partial charge in [0.25, 0.3) is 0 Å². The monoisotopic (exact) mass is 195 g/mol. The van der Waals surface area contributed by atoms with Crippen molar-refractivity contribution in [1.82, 2.24) is 15.0 Å². The zero-order valence-electron chi connectivity index (χ0n) is 9.75. The fourth-order valence-electron chi connectivity index (χ4n) is 1.68. The Hall–Kier alpha value is -0.860. The van der Waals surface area contributed by atoms with E-state index < -0.39 is 0 Å². The summed E-state index contributed by atoms with van der Waals surface area (Å²) in [7, 11) is 0. The molecule has 14 heavy (non-hydrogen) atoms. The molecule has 0 saturated heterocycles. The molecule has 0 spiro atoms. The number of hydrogen-bond donors (Lipinski definition) is 0. The van der Waals surface area contributed by atoms with E-state index in [-0.39, 0.29) is 0 Å². The summed E-state index contributed by atoms with van der Waals surface area (Å²) in [6, 6.07) is 0. The van der Waals surface area contributed by atoms with Gasteiger partial charge in [0.2, 0.25) is 0 Å². The maximum Gasteiger partial charge on any atom is 0.0884 e. The Labute approximate surface area is 86.5 Å². The lowest BCUT2D eigenvalue weighted by molar-refractivity contribution is 0.552. The average Bonchev–Trinajstić information content (AvgIpc) is 2.50. The molecular formula is C11H21N3. The van der Waals surface area contributed by atoms with Gasteiger partial charge in [0, 0.05) is 6.54 Å². The van der Waals surface area contributed by atoms with Crippen LogP contribution >= 0.6 is 0 Å². The van der Waals surface area contributed by atoms with Gasteiger partial charge in [-0.2, -0.15) is 0 Å². The van der Waals surface area contributed by atoms with E-state index in [1.165, 1.54) is 11.4 Å². The molecule has 0 aromatic carbocycles. The first-order valence-corrected chi connectivity index (χ1v) is 5.62. The fraction of sp³-hybridized carbons (Fsp3) is 0.818. The summed E-state index contributed by atoms with van der Waals surface area (Å²) in [4.78, 5) is 0. The lowest BCUT2D eigenvalue weighted by atomic mass is 10.1. The molecule has 3 heteroatoms. The van der Waals surface area contributed by atoms with Crippen LogP contribution in [0.5, 0.6) is 0 Å². The van der Waals surface area contributed by atoms with Gasteiger partial charge in [0.1, 0.15) is 0 Å². The lowest BCUT2D eigenvalue weighted by Gasteiger charge is -2.07. The fourth-order valence-corrected chi connectivity index (χ4v) is 1.68. The van der Waals surface area contributed by atoms with Gasteiger partial charge in [-0.1, -0.05) is 39.3 Å². The van der Waals surface area contributed by atoms with Crippen LogP contribution in [0.25, 0.3) is 0 Å². The van der Waals surface area contributed by atoms with Gasteiger partial charge in [-0.05, 0) is 18.8 Å². The van der Waals surface area contributed by atoms with E-state index in [9.17, 15) is 0 Å². The average molecular weight is 195 g/mol. The van der Waals surface area contributed by atoms with Crippen LogP contribution in [0, 0.1) is 0 Å². The molecule has 1 rings (SSSR count). The molecule has 0 atom stereocenters. The van der Waals surface area contributed by atoms with Crippen molar-refractivity contribution in [2.75, 3.05) is 0 Å². The predicted octanol–water partition coefficient (Wildman–Crippen LogP) is 2.76. The van der Waals surface area contributed by atoms with Crippen LogP contribution in [0.3, 0.4) is 0 Å². The molecule has 0 fully saturated rings. The minimum absolute atomic E-state index is 0.488. The van der Waals surface area contributed by atoms with Crippen LogP contribution in [0.1, 0.15) is 57.8 Å². The molecule has 0 aliphatic heterocycles. The molecule has 0 radical (unpaired) electrons. The number of aromatic nitrogens is 3. The molecular weight excluding hydrogens is 174 g/mol. The van der Waals surface area contributed by atoms with Crippen molar-refractivity contribution in [2.45, 2.75) is 59.4 Å². The van der Waals surface area contributed by atoms with Crippen molar-refractivity contribution < 1.29 is 0 Å². The van der Waals surface area contributed by atoms with Gasteiger partial charge < -0.3 is 0 Å². The van der Waals surface area contributed by atoms with Crippen molar-refractivity contribution in [2.24, 2.45) is 0 Å². The van der Waals surface area contributed by atoms with Crippen LogP contribution in [0.2, 0.25) is 0 Å². The van der Waals surface area contributed by atoms with Crippen molar-refractivity contribution in [3.05, 3.63) is 11.4 Å². The minimum Gasteiger partial charge on any atom is -0.249 e. The van der Waals surface area contributed by atoms with Crippen molar-refractivity contribution >= 4 is 0 Å². The Bertz CT molecular complexity index is 276. The predicted molar refractivity (Wildman–Crippen MR) is 58.4 cm³/mol. The molecule has 80 valence electrons. The maximum absolute atomic E-state index is 4.27. The summed E-state index contributed by atoms with van der Waals surface area (Å²) in [5.74, 6) is 0.488. The molecule has 1 aromatic heterocycles. The highest BCUT2D eigenvalue weighted by Crippen LogP contribution is 2.18. The number of nitrogens with zero attached hydrogens (tertiary/aromatic N) is 3. The third-order valence-electron chi connectivity index (χ3n) is 2.34. The van der Waals surface area contributed by atoms with E-state index in [0.717, 1.165) is 25.8 Å². The van der Waals surface area contributed by atoms with Gasteiger partial charge in [-0.15, -0.1) is 5.10 Å². The maximum atomic E-state index is 4.27. The Kier molecular flexibility index (Phi) is 4.11. The topological polar surface area (TPSA) is 30.7 Å². The van der Waals surface area contributed by atoms with E-state index in [0.29, 0.717) is 5.92 Å². The molecule has 0 aliphatic carbocycles. The molecule has 0 N–H and O–H groups in total. The van der Waals surface area contributed by atoms with E-state index in [1.54, 1.807) is 0 Å². The second-order valence-electron chi connectivity index (χ2n) is 4.05. The second-order valence-corrected chi connectivity index (χ2v) is 4.05. The highest BCUT2D eigenvalue weighted by molar-refractivity contribution is 5.14. The number of aryl methyl sites for hydroxylation is 1. The third kappa shape index (κ3) is 2.34. The van der Waals surface area contributed by atoms with E-state index >= 15 is 0 Å². The van der Waals surface area contributed by atoms with Crippen molar-refractivity contribution in [3.63, 3.8) is 0 Å². The molecule has 0 unspecified atom stereocenters. The number of rotatable bonds is 5. The van der Waals surface area contributed by atoms with Crippen molar-refractivity contribution in [1.29, 1.82) is 0 Å². The molecule has 0 bridgehead atoms. The molecule has 1 heterocycles. The summed E-state index contributed by atoms with van der Waals surface area (Å²) < 4.78 is 2.07. The molecule has 1 aromatic rings. The summed E-state index contributed by atoms with van der Waals surface area (Å²) in [5.41, 5.74) is 2.52. The quantitative estimate of drug-likeness (QED) is 0.723. The van der Waals surface area contributed by atoms with Gasteiger partial charge in [-0.25, -0.2) is 4.68 Å². The Morgan fingerprint density at radius 2 is 1.93 bits per heavy atom. The summed E-state index contributed by atoms with van der Waals surface area (Å²) in [5, 5.41) is 8.48. The first kappa shape index (κ1) is 11.2. The zero-order chi connectivity index (χ0) is 10.6. The van der Waals surface area contributed by atoms with Gasteiger partial charge in [0.05, 0.1) is 11.4 Å². The van der Waals surface area contributed by atoms with E-state index in [1.807, 2.05) is 0 Å². The first-order chi connectivity index (χ1) is 6.70. The third-order valence-corrected chi connectivity index (χ3v) is 2.34. The van der Waals surface area contributed by atoms with Gasteiger partial charge in [-0.3, -0.25) is 0 Å². The zero-order valence-corrected chi connectivity index (χ0v) is 9.75. The first-order valence-electron chi connectivity index (χ1n) is 5.62. The standard InChI is InChI=1S/C11H21N3/c1-5-7-10-11(9(3)4)12-13-14(10)8-6-2/h9H,5-8H2,1-4H3. The highest BCUT2D eigenvalue weighted by atomic mass is 15.4. The van der Waals surface area contributed by atoms with Crippen LogP contribution in [0.15, 0.2) is 0 Å². The Balaban J connectivity index is 2.94. The van der Waals surface area contributed by atoms with Crippen LogP contribution in [0.4, 0.5) is 0 Å². The Morgan fingerprint density at radius 3 is 2.43 bits per heavy atom. The molecule has 3 nitrogen and oxygen atoms in total. The normalized spacial score (nSPS) is 11.2. The van der Waals surface area contributed by atoms with Crippen LogP contribution in [-0.4, -0.2) is 15.0 Å². The number of hydrogen-bond acceptors (Lipinski definition) is 2.